The van der Waals surface area contributed by atoms with Gasteiger partial charge in [-0.3, -0.25) is 0 Å². The zero-order valence-corrected chi connectivity index (χ0v) is 12.9. The fourth-order valence-electron chi connectivity index (χ4n) is 1.94. The van der Waals surface area contributed by atoms with E-state index in [1.165, 1.54) is 0 Å². The van der Waals surface area contributed by atoms with Crippen molar-refractivity contribution in [3.63, 3.8) is 0 Å². The van der Waals surface area contributed by atoms with Crippen molar-refractivity contribution < 1.29 is 9.47 Å². The molecule has 1 atom stereocenters. The van der Waals surface area contributed by atoms with Crippen LogP contribution in [0.1, 0.15) is 46.4 Å². The third kappa shape index (κ3) is 4.07. The van der Waals surface area contributed by atoms with Gasteiger partial charge in [0.2, 0.25) is 5.88 Å². The highest BCUT2D eigenvalue weighted by Gasteiger charge is 2.22. The minimum Gasteiger partial charge on any atom is -0.472 e. The van der Waals surface area contributed by atoms with Crippen LogP contribution in [0.15, 0.2) is 6.07 Å². The second-order valence-electron chi connectivity index (χ2n) is 6.20. The number of nitrogens with zero attached hydrogens (tertiary/aromatic N) is 2. The van der Waals surface area contributed by atoms with E-state index in [1.807, 2.05) is 6.07 Å². The average Bonchev–Trinajstić information content (AvgIpc) is 2.88. The van der Waals surface area contributed by atoms with E-state index in [1.54, 1.807) is 0 Å². The first-order valence-electron chi connectivity index (χ1n) is 7.37. The van der Waals surface area contributed by atoms with Crippen LogP contribution in [0.25, 0.3) is 0 Å². The summed E-state index contributed by atoms with van der Waals surface area (Å²) in [5, 5.41) is 3.31. The number of rotatable bonds is 5. The van der Waals surface area contributed by atoms with E-state index in [0.29, 0.717) is 12.5 Å². The second-order valence-corrected chi connectivity index (χ2v) is 6.20. The van der Waals surface area contributed by atoms with Gasteiger partial charge in [-0.15, -0.1) is 0 Å². The third-order valence-corrected chi connectivity index (χ3v) is 3.10. The van der Waals surface area contributed by atoms with Gasteiger partial charge in [-0.05, 0) is 6.42 Å². The van der Waals surface area contributed by atoms with E-state index in [-0.39, 0.29) is 11.5 Å². The molecular formula is C15H25N3O2. The molecule has 5 nitrogen and oxygen atoms in total. The summed E-state index contributed by atoms with van der Waals surface area (Å²) < 4.78 is 11.3. The van der Waals surface area contributed by atoms with Crippen LogP contribution < -0.4 is 10.1 Å². The summed E-state index contributed by atoms with van der Waals surface area (Å²) in [6, 6.07) is 1.88. The maximum Gasteiger partial charge on any atom is 0.219 e. The zero-order valence-electron chi connectivity index (χ0n) is 12.9. The van der Waals surface area contributed by atoms with Crippen LogP contribution in [0, 0.1) is 0 Å². The Morgan fingerprint density at radius 1 is 1.40 bits per heavy atom. The van der Waals surface area contributed by atoms with Crippen molar-refractivity contribution in [3.8, 4) is 5.88 Å². The number of hydrogen-bond donors (Lipinski definition) is 1. The SMILES string of the molecule is CCCNc1cc(OC2CCOC2)nc(C(C)(C)C)n1. The van der Waals surface area contributed by atoms with E-state index < -0.39 is 0 Å². The quantitative estimate of drug-likeness (QED) is 0.898. The van der Waals surface area contributed by atoms with Gasteiger partial charge in [-0.1, -0.05) is 27.7 Å². The minimum atomic E-state index is -0.103. The Labute approximate surface area is 121 Å². The fourth-order valence-corrected chi connectivity index (χ4v) is 1.94. The Morgan fingerprint density at radius 2 is 2.20 bits per heavy atom. The van der Waals surface area contributed by atoms with Gasteiger partial charge in [0.05, 0.1) is 13.2 Å². The number of aromatic nitrogens is 2. The Hall–Kier alpha value is -1.36. The molecule has 1 aliphatic rings. The Kier molecular flexibility index (Phi) is 4.81. The topological polar surface area (TPSA) is 56.3 Å². The molecule has 2 heterocycles. The lowest BCUT2D eigenvalue weighted by Gasteiger charge is -2.20. The zero-order chi connectivity index (χ0) is 14.6. The van der Waals surface area contributed by atoms with Crippen molar-refractivity contribution in [2.24, 2.45) is 0 Å². The molecule has 1 fully saturated rings. The maximum absolute atomic E-state index is 5.92. The summed E-state index contributed by atoms with van der Waals surface area (Å²) in [4.78, 5) is 9.13. The fraction of sp³-hybridized carbons (Fsp3) is 0.733. The van der Waals surface area contributed by atoms with Gasteiger partial charge in [0, 0.05) is 24.4 Å². The first kappa shape index (κ1) is 15.0. The average molecular weight is 279 g/mol. The molecule has 0 spiro atoms. The smallest absolute Gasteiger partial charge is 0.219 e. The molecule has 1 saturated heterocycles. The number of hydrogen-bond acceptors (Lipinski definition) is 5. The van der Waals surface area contributed by atoms with Crippen molar-refractivity contribution in [1.29, 1.82) is 0 Å². The van der Waals surface area contributed by atoms with Gasteiger partial charge >= 0.3 is 0 Å². The largest absolute Gasteiger partial charge is 0.472 e. The highest BCUT2D eigenvalue weighted by Crippen LogP contribution is 2.24. The Bertz CT molecular complexity index is 437. The molecule has 5 heteroatoms. The third-order valence-electron chi connectivity index (χ3n) is 3.10. The molecule has 1 aromatic rings. The van der Waals surface area contributed by atoms with Gasteiger partial charge in [0.15, 0.2) is 0 Å². The Morgan fingerprint density at radius 3 is 2.80 bits per heavy atom. The normalized spacial score (nSPS) is 19.1. The molecule has 1 N–H and O–H groups in total. The van der Waals surface area contributed by atoms with Gasteiger partial charge in [0.25, 0.3) is 0 Å². The van der Waals surface area contributed by atoms with E-state index in [9.17, 15) is 0 Å². The summed E-state index contributed by atoms with van der Waals surface area (Å²) in [6.07, 6.45) is 2.09. The van der Waals surface area contributed by atoms with Crippen molar-refractivity contribution in [2.75, 3.05) is 25.1 Å². The molecule has 112 valence electrons. The monoisotopic (exact) mass is 279 g/mol. The second kappa shape index (κ2) is 6.39. The van der Waals surface area contributed by atoms with E-state index in [2.05, 4.69) is 43.0 Å². The van der Waals surface area contributed by atoms with Crippen LogP contribution in [0.2, 0.25) is 0 Å². The summed E-state index contributed by atoms with van der Waals surface area (Å²) in [5.41, 5.74) is -0.103. The molecule has 0 saturated carbocycles. The van der Waals surface area contributed by atoms with Crippen molar-refractivity contribution in [3.05, 3.63) is 11.9 Å². The summed E-state index contributed by atoms with van der Waals surface area (Å²) >= 11 is 0. The van der Waals surface area contributed by atoms with Crippen LogP contribution in [-0.2, 0) is 10.2 Å². The first-order valence-corrected chi connectivity index (χ1v) is 7.37. The van der Waals surface area contributed by atoms with Gasteiger partial charge in [-0.25, -0.2) is 4.98 Å². The van der Waals surface area contributed by atoms with Crippen molar-refractivity contribution in [1.82, 2.24) is 9.97 Å². The lowest BCUT2D eigenvalue weighted by molar-refractivity contribution is 0.137. The lowest BCUT2D eigenvalue weighted by atomic mass is 9.96. The Balaban J connectivity index is 2.19. The number of anilines is 1. The highest BCUT2D eigenvalue weighted by molar-refractivity contribution is 5.39. The van der Waals surface area contributed by atoms with E-state index >= 15 is 0 Å². The molecule has 0 aliphatic carbocycles. The molecule has 0 bridgehead atoms. The molecule has 2 rings (SSSR count). The van der Waals surface area contributed by atoms with Crippen LogP contribution in [0.5, 0.6) is 5.88 Å². The predicted octanol–water partition coefficient (Wildman–Crippen LogP) is 2.76. The van der Waals surface area contributed by atoms with Crippen LogP contribution in [-0.4, -0.2) is 35.8 Å². The summed E-state index contributed by atoms with van der Waals surface area (Å²) in [7, 11) is 0. The minimum absolute atomic E-state index is 0.103. The number of ether oxygens (including phenoxy) is 2. The van der Waals surface area contributed by atoms with Crippen LogP contribution in [0.3, 0.4) is 0 Å². The predicted molar refractivity (Wildman–Crippen MR) is 79.4 cm³/mol. The van der Waals surface area contributed by atoms with E-state index in [4.69, 9.17) is 9.47 Å². The molecule has 20 heavy (non-hydrogen) atoms. The standard InChI is InChI=1S/C15H25N3O2/c1-5-7-16-12-9-13(20-11-6-8-19-10-11)18-14(17-12)15(2,3)4/h9,11H,5-8,10H2,1-4H3,(H,16,17,18). The van der Waals surface area contributed by atoms with Gasteiger partial charge in [-0.2, -0.15) is 4.98 Å². The van der Waals surface area contributed by atoms with Crippen molar-refractivity contribution >= 4 is 5.82 Å². The van der Waals surface area contributed by atoms with Gasteiger partial charge < -0.3 is 14.8 Å². The number of nitrogens with one attached hydrogen (secondary N) is 1. The lowest BCUT2D eigenvalue weighted by Crippen LogP contribution is -2.21. The van der Waals surface area contributed by atoms with Crippen molar-refractivity contribution in [2.45, 2.75) is 52.1 Å². The van der Waals surface area contributed by atoms with Gasteiger partial charge in [0.1, 0.15) is 17.7 Å². The highest BCUT2D eigenvalue weighted by atomic mass is 16.5. The van der Waals surface area contributed by atoms with E-state index in [0.717, 1.165) is 37.6 Å². The van der Waals surface area contributed by atoms with Crippen LogP contribution in [0.4, 0.5) is 5.82 Å². The summed E-state index contributed by atoms with van der Waals surface area (Å²) in [5.74, 6) is 2.27. The molecule has 1 aromatic heterocycles. The molecule has 0 radical (unpaired) electrons. The molecule has 1 aliphatic heterocycles. The summed E-state index contributed by atoms with van der Waals surface area (Å²) in [6.45, 7) is 10.8. The van der Waals surface area contributed by atoms with Crippen LogP contribution >= 0.6 is 0 Å². The molecule has 0 aromatic carbocycles. The molecule has 1 unspecified atom stereocenters. The first-order chi connectivity index (χ1) is 9.49. The molecule has 0 amide bonds. The molecular weight excluding hydrogens is 254 g/mol. The maximum atomic E-state index is 5.92.